The molecule has 1 heterocycles. The maximum atomic E-state index is 11.6. The van der Waals surface area contributed by atoms with E-state index in [4.69, 9.17) is 5.41 Å². The number of carbonyl (C=O) groups excluding carboxylic acids is 1. The first-order valence-electron chi connectivity index (χ1n) is 5.13. The summed E-state index contributed by atoms with van der Waals surface area (Å²) >= 11 is 0. The monoisotopic (exact) mass is 197 g/mol. The van der Waals surface area contributed by atoms with Crippen LogP contribution < -0.4 is 5.32 Å². The first-order valence-corrected chi connectivity index (χ1v) is 5.13. The van der Waals surface area contributed by atoms with Gasteiger partial charge in [-0.05, 0) is 20.3 Å². The van der Waals surface area contributed by atoms with Crippen LogP contribution in [-0.4, -0.2) is 35.3 Å². The first kappa shape index (κ1) is 11.0. The predicted molar refractivity (Wildman–Crippen MR) is 56.4 cm³/mol. The average Bonchev–Trinajstić information content (AvgIpc) is 2.10. The van der Waals surface area contributed by atoms with Gasteiger partial charge >= 0.3 is 0 Å². The second-order valence-electron chi connectivity index (χ2n) is 4.16. The van der Waals surface area contributed by atoms with Gasteiger partial charge in [0.15, 0.2) is 0 Å². The van der Waals surface area contributed by atoms with E-state index in [1.54, 1.807) is 0 Å². The SMILES string of the molecule is CCCC(=N)N1CCNC(=O)C1(C)C. The van der Waals surface area contributed by atoms with E-state index in [0.717, 1.165) is 19.4 Å². The summed E-state index contributed by atoms with van der Waals surface area (Å²) < 4.78 is 0. The summed E-state index contributed by atoms with van der Waals surface area (Å²) in [5, 5.41) is 10.7. The molecule has 0 aliphatic carbocycles. The molecule has 0 radical (unpaired) electrons. The second kappa shape index (κ2) is 3.98. The lowest BCUT2D eigenvalue weighted by Gasteiger charge is -2.42. The molecule has 1 rings (SSSR count). The number of nitrogens with one attached hydrogen (secondary N) is 2. The van der Waals surface area contributed by atoms with E-state index in [0.29, 0.717) is 12.4 Å². The maximum Gasteiger partial charge on any atom is 0.245 e. The number of hydrogen-bond donors (Lipinski definition) is 2. The molecular weight excluding hydrogens is 178 g/mol. The molecule has 80 valence electrons. The third kappa shape index (κ3) is 1.89. The number of rotatable bonds is 2. The molecule has 0 aromatic carbocycles. The minimum Gasteiger partial charge on any atom is -0.352 e. The summed E-state index contributed by atoms with van der Waals surface area (Å²) in [6, 6.07) is 0. The Labute approximate surface area is 85.2 Å². The molecule has 14 heavy (non-hydrogen) atoms. The highest BCUT2D eigenvalue weighted by molar-refractivity contribution is 5.92. The Morgan fingerprint density at radius 1 is 1.64 bits per heavy atom. The number of hydrogen-bond acceptors (Lipinski definition) is 2. The highest BCUT2D eigenvalue weighted by Crippen LogP contribution is 2.19. The van der Waals surface area contributed by atoms with Gasteiger partial charge in [-0.25, -0.2) is 0 Å². The van der Waals surface area contributed by atoms with E-state index >= 15 is 0 Å². The van der Waals surface area contributed by atoms with Crippen LogP contribution in [0.5, 0.6) is 0 Å². The van der Waals surface area contributed by atoms with Crippen molar-refractivity contribution in [2.45, 2.75) is 39.2 Å². The summed E-state index contributed by atoms with van der Waals surface area (Å²) in [6.45, 7) is 7.18. The van der Waals surface area contributed by atoms with Gasteiger partial charge in [0.25, 0.3) is 0 Å². The third-order valence-electron chi connectivity index (χ3n) is 2.66. The van der Waals surface area contributed by atoms with Crippen molar-refractivity contribution in [3.05, 3.63) is 0 Å². The van der Waals surface area contributed by atoms with Crippen molar-refractivity contribution in [1.29, 1.82) is 5.41 Å². The van der Waals surface area contributed by atoms with Gasteiger partial charge < -0.3 is 10.2 Å². The van der Waals surface area contributed by atoms with Crippen molar-refractivity contribution >= 4 is 11.7 Å². The Morgan fingerprint density at radius 2 is 2.29 bits per heavy atom. The summed E-state index contributed by atoms with van der Waals surface area (Å²) in [4.78, 5) is 13.5. The van der Waals surface area contributed by atoms with Crippen LogP contribution in [0, 0.1) is 5.41 Å². The van der Waals surface area contributed by atoms with Crippen molar-refractivity contribution in [3.8, 4) is 0 Å². The predicted octanol–water partition coefficient (Wildman–Crippen LogP) is 0.974. The van der Waals surface area contributed by atoms with E-state index < -0.39 is 5.54 Å². The molecule has 4 nitrogen and oxygen atoms in total. The minimum absolute atomic E-state index is 0.0182. The number of amides is 1. The summed E-state index contributed by atoms with van der Waals surface area (Å²) in [7, 11) is 0. The molecular formula is C10H19N3O. The third-order valence-corrected chi connectivity index (χ3v) is 2.66. The molecule has 0 aromatic heterocycles. The van der Waals surface area contributed by atoms with Crippen LogP contribution in [0.2, 0.25) is 0 Å². The molecule has 0 spiro atoms. The van der Waals surface area contributed by atoms with Crippen LogP contribution in [0.4, 0.5) is 0 Å². The van der Waals surface area contributed by atoms with Crippen molar-refractivity contribution < 1.29 is 4.79 Å². The summed E-state index contributed by atoms with van der Waals surface area (Å²) in [6.07, 6.45) is 1.70. The van der Waals surface area contributed by atoms with Crippen molar-refractivity contribution in [2.75, 3.05) is 13.1 Å². The normalized spacial score (nSPS) is 20.5. The van der Waals surface area contributed by atoms with Crippen LogP contribution in [0.15, 0.2) is 0 Å². The van der Waals surface area contributed by atoms with Gasteiger partial charge in [0.05, 0.1) is 5.84 Å². The zero-order valence-electron chi connectivity index (χ0n) is 9.18. The first-order chi connectivity index (χ1) is 6.50. The molecule has 1 saturated heterocycles. The highest BCUT2D eigenvalue weighted by Gasteiger charge is 2.38. The molecule has 4 heteroatoms. The lowest BCUT2D eigenvalue weighted by atomic mass is 9.98. The van der Waals surface area contributed by atoms with E-state index in [-0.39, 0.29) is 5.91 Å². The van der Waals surface area contributed by atoms with Crippen LogP contribution in [0.3, 0.4) is 0 Å². The Hall–Kier alpha value is -1.06. The zero-order chi connectivity index (χ0) is 10.8. The van der Waals surface area contributed by atoms with Crippen LogP contribution in [-0.2, 0) is 4.79 Å². The van der Waals surface area contributed by atoms with Gasteiger partial charge in [0.2, 0.25) is 5.91 Å². The smallest absolute Gasteiger partial charge is 0.245 e. The molecule has 2 N–H and O–H groups in total. The highest BCUT2D eigenvalue weighted by atomic mass is 16.2. The number of amidine groups is 1. The molecule has 1 aliphatic heterocycles. The average molecular weight is 197 g/mol. The molecule has 1 aliphatic rings. The lowest BCUT2D eigenvalue weighted by Crippen LogP contribution is -2.63. The standard InChI is InChI=1S/C10H19N3O/c1-4-5-8(11)13-7-6-12-9(14)10(13,2)3/h11H,4-7H2,1-3H3,(H,12,14). The van der Waals surface area contributed by atoms with E-state index in [1.165, 1.54) is 0 Å². The van der Waals surface area contributed by atoms with Crippen molar-refractivity contribution in [1.82, 2.24) is 10.2 Å². The van der Waals surface area contributed by atoms with Gasteiger partial charge in [-0.1, -0.05) is 6.92 Å². The van der Waals surface area contributed by atoms with E-state index in [2.05, 4.69) is 5.32 Å². The molecule has 0 aromatic rings. The fraction of sp³-hybridized carbons (Fsp3) is 0.800. The lowest BCUT2D eigenvalue weighted by molar-refractivity contribution is -0.132. The van der Waals surface area contributed by atoms with Crippen LogP contribution in [0.25, 0.3) is 0 Å². The Balaban J connectivity index is 2.76. The molecule has 0 bridgehead atoms. The van der Waals surface area contributed by atoms with Gasteiger partial charge in [-0.15, -0.1) is 0 Å². The molecule has 1 fully saturated rings. The number of carbonyl (C=O) groups is 1. The Morgan fingerprint density at radius 3 is 2.86 bits per heavy atom. The van der Waals surface area contributed by atoms with Gasteiger partial charge in [-0.3, -0.25) is 10.2 Å². The zero-order valence-corrected chi connectivity index (χ0v) is 9.18. The largest absolute Gasteiger partial charge is 0.352 e. The Kier molecular flexibility index (Phi) is 3.13. The summed E-state index contributed by atoms with van der Waals surface area (Å²) in [5.74, 6) is 0.594. The molecule has 0 unspecified atom stereocenters. The minimum atomic E-state index is -0.565. The van der Waals surface area contributed by atoms with Crippen molar-refractivity contribution in [2.24, 2.45) is 0 Å². The van der Waals surface area contributed by atoms with Crippen molar-refractivity contribution in [3.63, 3.8) is 0 Å². The molecule has 0 atom stereocenters. The Bertz CT molecular complexity index is 248. The molecule has 1 amide bonds. The van der Waals surface area contributed by atoms with E-state index in [9.17, 15) is 4.79 Å². The van der Waals surface area contributed by atoms with Crippen LogP contribution >= 0.6 is 0 Å². The van der Waals surface area contributed by atoms with Crippen LogP contribution in [0.1, 0.15) is 33.6 Å². The maximum absolute atomic E-state index is 11.6. The molecule has 0 saturated carbocycles. The topological polar surface area (TPSA) is 56.2 Å². The van der Waals surface area contributed by atoms with E-state index in [1.807, 2.05) is 25.7 Å². The number of piperazine rings is 1. The van der Waals surface area contributed by atoms with Gasteiger partial charge in [0.1, 0.15) is 5.54 Å². The second-order valence-corrected chi connectivity index (χ2v) is 4.16. The number of nitrogens with zero attached hydrogens (tertiary/aromatic N) is 1. The van der Waals surface area contributed by atoms with Gasteiger partial charge in [-0.2, -0.15) is 0 Å². The van der Waals surface area contributed by atoms with Gasteiger partial charge in [0, 0.05) is 19.5 Å². The quantitative estimate of drug-likeness (QED) is 0.512. The fourth-order valence-electron chi connectivity index (χ4n) is 1.74. The fourth-order valence-corrected chi connectivity index (χ4v) is 1.74. The summed E-state index contributed by atoms with van der Waals surface area (Å²) in [5.41, 5.74) is -0.565.